The molecule has 0 saturated carbocycles. The lowest BCUT2D eigenvalue weighted by Crippen LogP contribution is -1.94. The zero-order chi connectivity index (χ0) is 15.8. The fraction of sp³-hybridized carbons (Fsp3) is 0.222. The molecule has 2 rings (SSSR count). The fourth-order valence-electron chi connectivity index (χ4n) is 2.25. The Balaban J connectivity index is 2.20. The molecular formula is C18H18FNO2. The number of nitrogens with zero attached hydrogens (tertiary/aromatic N) is 1. The molecular weight excluding hydrogens is 281 g/mol. The summed E-state index contributed by atoms with van der Waals surface area (Å²) >= 11 is 0. The molecule has 1 aromatic carbocycles. The highest BCUT2D eigenvalue weighted by molar-refractivity contribution is 5.79. The quantitative estimate of drug-likeness (QED) is 0.776. The number of hydrogen-bond acceptors (Lipinski definition) is 2. The number of aliphatic carboxylic acids is 1. The Kier molecular flexibility index (Phi) is 5.83. The van der Waals surface area contributed by atoms with Gasteiger partial charge in [-0.1, -0.05) is 30.3 Å². The summed E-state index contributed by atoms with van der Waals surface area (Å²) in [6, 6.07) is 10.3. The molecule has 4 heteroatoms. The van der Waals surface area contributed by atoms with Crippen LogP contribution in [0.25, 0.3) is 5.57 Å². The molecule has 0 radical (unpaired) electrons. The molecule has 0 saturated heterocycles. The number of carbonyl (C=O) groups is 1. The number of halogens is 1. The molecule has 2 aromatic rings. The van der Waals surface area contributed by atoms with E-state index in [-0.39, 0.29) is 12.2 Å². The predicted octanol–water partition coefficient (Wildman–Crippen LogP) is 4.30. The van der Waals surface area contributed by atoms with Crippen molar-refractivity contribution in [3.63, 3.8) is 0 Å². The number of carboxylic acid groups (broad SMARTS) is 1. The van der Waals surface area contributed by atoms with E-state index in [4.69, 9.17) is 5.11 Å². The average Bonchev–Trinajstić information content (AvgIpc) is 2.52. The summed E-state index contributed by atoms with van der Waals surface area (Å²) in [5, 5.41) is 8.64. The van der Waals surface area contributed by atoms with Gasteiger partial charge in [0.05, 0.1) is 0 Å². The van der Waals surface area contributed by atoms with E-state index < -0.39 is 5.97 Å². The summed E-state index contributed by atoms with van der Waals surface area (Å²) in [7, 11) is 0. The molecule has 1 aromatic heterocycles. The van der Waals surface area contributed by atoms with Crippen molar-refractivity contribution in [2.45, 2.75) is 25.7 Å². The molecule has 0 unspecified atom stereocenters. The molecule has 0 aliphatic carbocycles. The standard InChI is InChI=1S/C18H18FNO2/c19-17-10-5-4-9-16(17)15(14-7-6-12-20-13-14)8-2-1-3-11-18(21)22/h4-10,12-13H,1-3,11H2,(H,21,22)/b15-8-. The SMILES string of the molecule is O=C(O)CCCC/C=C(/c1cccnc1)c1ccccc1F. The third-order valence-corrected chi connectivity index (χ3v) is 3.33. The summed E-state index contributed by atoms with van der Waals surface area (Å²) in [5.74, 6) is -1.06. The number of rotatable bonds is 7. The van der Waals surface area contributed by atoms with Crippen LogP contribution >= 0.6 is 0 Å². The minimum atomic E-state index is -0.787. The molecule has 3 nitrogen and oxygen atoms in total. The lowest BCUT2D eigenvalue weighted by Gasteiger charge is -2.09. The number of pyridine rings is 1. The zero-order valence-corrected chi connectivity index (χ0v) is 12.2. The van der Waals surface area contributed by atoms with Gasteiger partial charge in [-0.2, -0.15) is 0 Å². The lowest BCUT2D eigenvalue weighted by atomic mass is 9.97. The Morgan fingerprint density at radius 3 is 2.68 bits per heavy atom. The maximum absolute atomic E-state index is 14.1. The zero-order valence-electron chi connectivity index (χ0n) is 12.2. The van der Waals surface area contributed by atoms with Gasteiger partial charge in [0.25, 0.3) is 0 Å². The van der Waals surface area contributed by atoms with E-state index in [0.29, 0.717) is 18.4 Å². The average molecular weight is 299 g/mol. The minimum absolute atomic E-state index is 0.162. The highest BCUT2D eigenvalue weighted by Gasteiger charge is 2.09. The van der Waals surface area contributed by atoms with Crippen LogP contribution in [0.15, 0.2) is 54.9 Å². The van der Waals surface area contributed by atoms with Gasteiger partial charge in [0, 0.05) is 29.9 Å². The molecule has 114 valence electrons. The molecule has 0 atom stereocenters. The van der Waals surface area contributed by atoms with E-state index in [9.17, 15) is 9.18 Å². The molecule has 0 fully saturated rings. The summed E-state index contributed by atoms with van der Waals surface area (Å²) in [5.41, 5.74) is 2.18. The van der Waals surface area contributed by atoms with Crippen LogP contribution in [0, 0.1) is 5.82 Å². The first-order chi connectivity index (χ1) is 10.7. The van der Waals surface area contributed by atoms with E-state index >= 15 is 0 Å². The molecule has 1 heterocycles. The second-order valence-corrected chi connectivity index (χ2v) is 4.98. The van der Waals surface area contributed by atoms with Crippen molar-refractivity contribution in [1.29, 1.82) is 0 Å². The Hall–Kier alpha value is -2.49. The second-order valence-electron chi connectivity index (χ2n) is 4.98. The second kappa shape index (κ2) is 8.08. The Bertz CT molecular complexity index is 653. The van der Waals surface area contributed by atoms with Crippen molar-refractivity contribution < 1.29 is 14.3 Å². The van der Waals surface area contributed by atoms with Crippen LogP contribution in [0.2, 0.25) is 0 Å². The first-order valence-electron chi connectivity index (χ1n) is 7.25. The van der Waals surface area contributed by atoms with Gasteiger partial charge in [-0.25, -0.2) is 4.39 Å². The number of unbranched alkanes of at least 4 members (excludes halogenated alkanes) is 2. The molecule has 1 N–H and O–H groups in total. The van der Waals surface area contributed by atoms with Crippen LogP contribution < -0.4 is 0 Å². The van der Waals surface area contributed by atoms with Gasteiger partial charge in [-0.05, 0) is 37.0 Å². The fourth-order valence-corrected chi connectivity index (χ4v) is 2.25. The largest absolute Gasteiger partial charge is 0.481 e. The van der Waals surface area contributed by atoms with Crippen LogP contribution in [0.4, 0.5) is 4.39 Å². The monoisotopic (exact) mass is 299 g/mol. The van der Waals surface area contributed by atoms with Gasteiger partial charge in [0.2, 0.25) is 0 Å². The molecule has 0 aliphatic rings. The van der Waals surface area contributed by atoms with Crippen LogP contribution in [0.3, 0.4) is 0 Å². The molecule has 0 bridgehead atoms. The Morgan fingerprint density at radius 1 is 1.18 bits per heavy atom. The number of allylic oxidation sites excluding steroid dienone is 1. The van der Waals surface area contributed by atoms with E-state index in [1.165, 1.54) is 6.07 Å². The van der Waals surface area contributed by atoms with Crippen molar-refractivity contribution in [1.82, 2.24) is 4.98 Å². The van der Waals surface area contributed by atoms with Crippen molar-refractivity contribution >= 4 is 11.5 Å². The smallest absolute Gasteiger partial charge is 0.303 e. The molecule has 0 amide bonds. The number of aromatic nitrogens is 1. The number of benzene rings is 1. The van der Waals surface area contributed by atoms with Crippen molar-refractivity contribution in [3.8, 4) is 0 Å². The summed E-state index contributed by atoms with van der Waals surface area (Å²) in [6.07, 6.45) is 7.57. The van der Waals surface area contributed by atoms with Gasteiger partial charge in [0.1, 0.15) is 5.82 Å². The topological polar surface area (TPSA) is 50.2 Å². The minimum Gasteiger partial charge on any atom is -0.481 e. The van der Waals surface area contributed by atoms with Gasteiger partial charge in [0.15, 0.2) is 0 Å². The number of carboxylic acids is 1. The highest BCUT2D eigenvalue weighted by atomic mass is 19.1. The van der Waals surface area contributed by atoms with Gasteiger partial charge >= 0.3 is 5.97 Å². The third kappa shape index (κ3) is 4.52. The first-order valence-corrected chi connectivity index (χ1v) is 7.25. The van der Waals surface area contributed by atoms with Crippen molar-refractivity contribution in [2.75, 3.05) is 0 Å². The Labute approximate surface area is 129 Å². The van der Waals surface area contributed by atoms with Crippen LogP contribution in [0.5, 0.6) is 0 Å². The van der Waals surface area contributed by atoms with Crippen LogP contribution in [-0.2, 0) is 4.79 Å². The summed E-state index contributed by atoms with van der Waals surface area (Å²) in [4.78, 5) is 14.6. The van der Waals surface area contributed by atoms with Gasteiger partial charge in [-0.15, -0.1) is 0 Å². The summed E-state index contributed by atoms with van der Waals surface area (Å²) < 4.78 is 14.1. The molecule has 0 aliphatic heterocycles. The lowest BCUT2D eigenvalue weighted by molar-refractivity contribution is -0.137. The van der Waals surface area contributed by atoms with E-state index in [2.05, 4.69) is 4.98 Å². The van der Waals surface area contributed by atoms with Crippen molar-refractivity contribution in [2.24, 2.45) is 0 Å². The number of hydrogen-bond donors (Lipinski definition) is 1. The van der Waals surface area contributed by atoms with Crippen LogP contribution in [0.1, 0.15) is 36.8 Å². The predicted molar refractivity (Wildman–Crippen MR) is 83.8 cm³/mol. The van der Waals surface area contributed by atoms with Gasteiger partial charge < -0.3 is 5.11 Å². The highest BCUT2D eigenvalue weighted by Crippen LogP contribution is 2.26. The van der Waals surface area contributed by atoms with Crippen LogP contribution in [-0.4, -0.2) is 16.1 Å². The maximum Gasteiger partial charge on any atom is 0.303 e. The van der Waals surface area contributed by atoms with E-state index in [0.717, 1.165) is 17.6 Å². The molecule has 22 heavy (non-hydrogen) atoms. The maximum atomic E-state index is 14.1. The van der Waals surface area contributed by atoms with Gasteiger partial charge in [-0.3, -0.25) is 9.78 Å². The van der Waals surface area contributed by atoms with E-state index in [1.807, 2.05) is 18.2 Å². The first kappa shape index (κ1) is 15.9. The van der Waals surface area contributed by atoms with Crippen molar-refractivity contribution in [3.05, 3.63) is 71.8 Å². The van der Waals surface area contributed by atoms with E-state index in [1.54, 1.807) is 30.6 Å². The third-order valence-electron chi connectivity index (χ3n) is 3.33. The summed E-state index contributed by atoms with van der Waals surface area (Å²) in [6.45, 7) is 0. The molecule has 0 spiro atoms. The Morgan fingerprint density at radius 2 is 2.00 bits per heavy atom. The normalized spacial score (nSPS) is 11.4.